The molecule has 0 aliphatic heterocycles. The Morgan fingerprint density at radius 3 is 3.06 bits per heavy atom. The monoisotopic (exact) mass is 237 g/mol. The Hall–Kier alpha value is -1.00. The van der Waals surface area contributed by atoms with Crippen LogP contribution in [0.4, 0.5) is 0 Å². The highest BCUT2D eigenvalue weighted by atomic mass is 32.2. The molecule has 0 aliphatic rings. The van der Waals surface area contributed by atoms with Crippen LogP contribution in [0, 0.1) is 0 Å². The summed E-state index contributed by atoms with van der Waals surface area (Å²) >= 11 is 0. The van der Waals surface area contributed by atoms with Gasteiger partial charge in [0.15, 0.2) is 0 Å². The van der Waals surface area contributed by atoms with Crippen molar-refractivity contribution in [3.63, 3.8) is 0 Å². The van der Waals surface area contributed by atoms with Gasteiger partial charge in [0.25, 0.3) is 0 Å². The molecular formula is C12H17N2OS+. The number of pyridine rings is 1. The van der Waals surface area contributed by atoms with E-state index in [0.717, 1.165) is 23.4 Å². The van der Waals surface area contributed by atoms with Crippen LogP contribution in [0.15, 0.2) is 30.6 Å². The van der Waals surface area contributed by atoms with Crippen LogP contribution in [0.1, 0.15) is 0 Å². The summed E-state index contributed by atoms with van der Waals surface area (Å²) < 4.78 is 7.67. The van der Waals surface area contributed by atoms with Gasteiger partial charge < -0.3 is 9.30 Å². The van der Waals surface area contributed by atoms with E-state index in [1.54, 1.807) is 0 Å². The molecule has 2 aromatic rings. The molecule has 2 rings (SSSR count). The molecule has 0 fully saturated rings. The largest absolute Gasteiger partial charge is 0.356 e. The summed E-state index contributed by atoms with van der Waals surface area (Å²) in [7, 11) is 0.459. The molecule has 4 heteroatoms. The summed E-state index contributed by atoms with van der Waals surface area (Å²) in [5, 5.41) is 1.16. The quantitative estimate of drug-likeness (QED) is 0.586. The Kier molecular flexibility index (Phi) is 3.85. The second kappa shape index (κ2) is 5.37. The predicted molar refractivity (Wildman–Crippen MR) is 69.8 cm³/mol. The molecule has 0 bridgehead atoms. The van der Waals surface area contributed by atoms with Crippen LogP contribution in [0.25, 0.3) is 11.0 Å². The summed E-state index contributed by atoms with van der Waals surface area (Å²) in [4.78, 5) is 4.34. The lowest BCUT2D eigenvalue weighted by atomic mass is 10.3. The molecule has 16 heavy (non-hydrogen) atoms. The number of ether oxygens (including phenoxy) is 1. The van der Waals surface area contributed by atoms with E-state index in [1.807, 2.05) is 23.0 Å². The van der Waals surface area contributed by atoms with Gasteiger partial charge in [0.05, 0.1) is 19.1 Å². The Balaban J connectivity index is 1.94. The fraction of sp³-hybridized carbons (Fsp3) is 0.417. The summed E-state index contributed by atoms with van der Waals surface area (Å²) in [6, 6.07) is 6.08. The summed E-state index contributed by atoms with van der Waals surface area (Å²) in [5.74, 6) is 1.13. The van der Waals surface area contributed by atoms with Gasteiger partial charge in [-0.15, -0.1) is 0 Å². The van der Waals surface area contributed by atoms with Crippen molar-refractivity contribution in [2.24, 2.45) is 0 Å². The van der Waals surface area contributed by atoms with Crippen LogP contribution in [0.2, 0.25) is 0 Å². The molecule has 0 unspecified atom stereocenters. The average Bonchev–Trinajstić information content (AvgIpc) is 2.68. The molecular weight excluding hydrogens is 220 g/mol. The van der Waals surface area contributed by atoms with Crippen molar-refractivity contribution >= 4 is 21.9 Å². The van der Waals surface area contributed by atoms with Gasteiger partial charge in [-0.2, -0.15) is 0 Å². The topological polar surface area (TPSA) is 27.1 Å². The smallest absolute Gasteiger partial charge is 0.141 e. The van der Waals surface area contributed by atoms with Gasteiger partial charge in [-0.1, -0.05) is 0 Å². The van der Waals surface area contributed by atoms with Gasteiger partial charge in [0, 0.05) is 17.8 Å². The number of hydrogen-bond donors (Lipinski definition) is 0. The average molecular weight is 237 g/mol. The summed E-state index contributed by atoms with van der Waals surface area (Å²) in [6.07, 6.45) is 8.30. The van der Waals surface area contributed by atoms with Crippen LogP contribution < -0.4 is 0 Å². The Morgan fingerprint density at radius 1 is 1.38 bits per heavy atom. The van der Waals surface area contributed by atoms with Gasteiger partial charge in [-0.25, -0.2) is 4.98 Å². The standard InChI is InChI=1S/C12H17N2OS/c1-16(2)9-8-15-10-14-7-5-11-4-3-6-13-12(11)14/h3-7H,8-10H2,1-2H3/q+1. The van der Waals surface area contributed by atoms with Crippen molar-refractivity contribution in [3.8, 4) is 0 Å². The van der Waals surface area contributed by atoms with Crippen LogP contribution in [0.5, 0.6) is 0 Å². The summed E-state index contributed by atoms with van der Waals surface area (Å²) in [6.45, 7) is 1.42. The fourth-order valence-electron chi connectivity index (χ4n) is 1.51. The predicted octanol–water partition coefficient (Wildman–Crippen LogP) is 1.89. The first-order valence-electron chi connectivity index (χ1n) is 5.29. The maximum Gasteiger partial charge on any atom is 0.141 e. The number of rotatable bonds is 5. The first-order valence-corrected chi connectivity index (χ1v) is 7.50. The fourth-order valence-corrected chi connectivity index (χ4v) is 1.96. The Morgan fingerprint density at radius 2 is 2.25 bits per heavy atom. The molecule has 2 heterocycles. The molecule has 0 atom stereocenters. The highest BCUT2D eigenvalue weighted by molar-refractivity contribution is 7.95. The van der Waals surface area contributed by atoms with Gasteiger partial charge in [-0.05, 0) is 29.1 Å². The molecule has 2 aromatic heterocycles. The first kappa shape index (κ1) is 11.5. The van der Waals surface area contributed by atoms with Gasteiger partial charge in [0.2, 0.25) is 0 Å². The third-order valence-corrected chi connectivity index (χ3v) is 3.37. The molecule has 0 aromatic carbocycles. The lowest BCUT2D eigenvalue weighted by Crippen LogP contribution is -2.11. The van der Waals surface area contributed by atoms with Crippen LogP contribution >= 0.6 is 0 Å². The molecule has 86 valence electrons. The van der Waals surface area contributed by atoms with E-state index >= 15 is 0 Å². The number of hydrogen-bond acceptors (Lipinski definition) is 2. The zero-order valence-electron chi connectivity index (χ0n) is 9.72. The van der Waals surface area contributed by atoms with Gasteiger partial charge in [0.1, 0.15) is 18.1 Å². The molecule has 0 saturated heterocycles. The van der Waals surface area contributed by atoms with E-state index in [1.165, 1.54) is 0 Å². The minimum atomic E-state index is 0.459. The molecule has 0 aliphatic carbocycles. The number of fused-ring (bicyclic) bond motifs is 1. The second-order valence-electron chi connectivity index (χ2n) is 3.93. The van der Waals surface area contributed by atoms with Gasteiger partial charge >= 0.3 is 0 Å². The van der Waals surface area contributed by atoms with E-state index < -0.39 is 0 Å². The molecule has 0 N–H and O–H groups in total. The van der Waals surface area contributed by atoms with Crippen LogP contribution in [-0.4, -0.2) is 34.4 Å². The molecule has 0 amide bonds. The van der Waals surface area contributed by atoms with Crippen molar-refractivity contribution < 1.29 is 4.74 Å². The van der Waals surface area contributed by atoms with E-state index in [0.29, 0.717) is 17.6 Å². The first-order chi connectivity index (χ1) is 7.77. The van der Waals surface area contributed by atoms with Crippen LogP contribution in [-0.2, 0) is 22.4 Å². The third kappa shape index (κ3) is 2.77. The molecule has 0 spiro atoms. The molecule has 3 nitrogen and oxygen atoms in total. The van der Waals surface area contributed by atoms with Crippen molar-refractivity contribution in [3.05, 3.63) is 30.6 Å². The lowest BCUT2D eigenvalue weighted by Gasteiger charge is -2.05. The van der Waals surface area contributed by atoms with E-state index in [2.05, 4.69) is 29.6 Å². The number of aromatic nitrogens is 2. The normalized spacial score (nSPS) is 11.4. The van der Waals surface area contributed by atoms with E-state index in [4.69, 9.17) is 4.74 Å². The van der Waals surface area contributed by atoms with Crippen molar-refractivity contribution in [1.29, 1.82) is 0 Å². The zero-order valence-corrected chi connectivity index (χ0v) is 10.5. The molecule has 0 saturated carbocycles. The Labute approximate surface area is 98.8 Å². The zero-order chi connectivity index (χ0) is 11.4. The second-order valence-corrected chi connectivity index (χ2v) is 6.31. The van der Waals surface area contributed by atoms with E-state index in [9.17, 15) is 0 Å². The van der Waals surface area contributed by atoms with Crippen molar-refractivity contribution in [2.45, 2.75) is 6.73 Å². The minimum Gasteiger partial charge on any atom is -0.356 e. The molecule has 0 radical (unpaired) electrons. The number of nitrogens with zero attached hydrogens (tertiary/aromatic N) is 2. The highest BCUT2D eigenvalue weighted by Crippen LogP contribution is 2.11. The third-order valence-electron chi connectivity index (χ3n) is 2.39. The van der Waals surface area contributed by atoms with Crippen LogP contribution in [0.3, 0.4) is 0 Å². The maximum absolute atomic E-state index is 5.63. The summed E-state index contributed by atoms with van der Waals surface area (Å²) in [5.41, 5.74) is 0.995. The minimum absolute atomic E-state index is 0.459. The van der Waals surface area contributed by atoms with E-state index in [-0.39, 0.29) is 0 Å². The van der Waals surface area contributed by atoms with Gasteiger partial charge in [-0.3, -0.25) is 0 Å². The van der Waals surface area contributed by atoms with Crippen molar-refractivity contribution in [2.75, 3.05) is 24.9 Å². The maximum atomic E-state index is 5.63. The highest BCUT2D eigenvalue weighted by Gasteiger charge is 2.03. The lowest BCUT2D eigenvalue weighted by molar-refractivity contribution is 0.0924. The van der Waals surface area contributed by atoms with Crippen molar-refractivity contribution in [1.82, 2.24) is 9.55 Å². The SMILES string of the molecule is C[S+](C)CCOCn1ccc2cccnc21. The Bertz CT molecular complexity index is 453.